The maximum atomic E-state index is 5.44. The smallest absolute Gasteiger partial charge is 0.125 e. The number of benzene rings is 1. The van der Waals surface area contributed by atoms with E-state index in [2.05, 4.69) is 46.4 Å². The summed E-state index contributed by atoms with van der Waals surface area (Å²) in [5.74, 6) is 0.931. The normalized spacial score (nSPS) is 12.7. The molecule has 1 atom stereocenters. The van der Waals surface area contributed by atoms with E-state index in [-0.39, 0.29) is 6.04 Å². The summed E-state index contributed by atoms with van der Waals surface area (Å²) < 4.78 is 6.53. The molecule has 2 nitrogen and oxygen atoms in total. The van der Waals surface area contributed by atoms with Crippen molar-refractivity contribution in [3.63, 3.8) is 0 Å². The maximum Gasteiger partial charge on any atom is 0.125 e. The van der Waals surface area contributed by atoms with E-state index in [9.17, 15) is 0 Å². The van der Waals surface area contributed by atoms with E-state index in [1.165, 1.54) is 11.1 Å². The van der Waals surface area contributed by atoms with Crippen LogP contribution in [-0.2, 0) is 0 Å². The first-order chi connectivity index (χ1) is 7.70. The topological polar surface area (TPSA) is 25.2 Å². The van der Waals surface area contributed by atoms with E-state index in [4.69, 9.17) is 4.42 Å². The van der Waals surface area contributed by atoms with Crippen molar-refractivity contribution >= 4 is 15.9 Å². The molecule has 0 aliphatic carbocycles. The lowest BCUT2D eigenvalue weighted by atomic mass is 10.0. The molecule has 2 aromatic rings. The summed E-state index contributed by atoms with van der Waals surface area (Å²) in [6.45, 7) is 2.09. The fraction of sp³-hybridized carbons (Fsp3) is 0.231. The molecular formula is C13H14BrNO. The van der Waals surface area contributed by atoms with Crippen LogP contribution in [0, 0.1) is 6.92 Å². The summed E-state index contributed by atoms with van der Waals surface area (Å²) in [6, 6.07) is 10.4. The molecule has 0 radical (unpaired) electrons. The highest BCUT2D eigenvalue weighted by Crippen LogP contribution is 2.25. The minimum absolute atomic E-state index is 0.103. The summed E-state index contributed by atoms with van der Waals surface area (Å²) in [5, 5.41) is 3.26. The Kier molecular flexibility index (Phi) is 3.46. The SMILES string of the molecule is CNC(c1cc(C)cc(Br)c1)c1ccco1. The second kappa shape index (κ2) is 4.85. The fourth-order valence-electron chi connectivity index (χ4n) is 1.86. The van der Waals surface area contributed by atoms with Crippen molar-refractivity contribution in [1.29, 1.82) is 0 Å². The van der Waals surface area contributed by atoms with Gasteiger partial charge in [-0.25, -0.2) is 0 Å². The summed E-state index contributed by atoms with van der Waals surface area (Å²) in [5.41, 5.74) is 2.43. The number of rotatable bonds is 3. The van der Waals surface area contributed by atoms with Gasteiger partial charge < -0.3 is 9.73 Å². The van der Waals surface area contributed by atoms with Gasteiger partial charge in [-0.3, -0.25) is 0 Å². The van der Waals surface area contributed by atoms with Crippen LogP contribution in [0.25, 0.3) is 0 Å². The first kappa shape index (κ1) is 11.4. The molecule has 0 spiro atoms. The van der Waals surface area contributed by atoms with E-state index in [0.717, 1.165) is 10.2 Å². The molecule has 0 amide bonds. The standard InChI is InChI=1S/C13H14BrNO/c1-9-6-10(8-11(14)7-9)13(15-2)12-4-3-5-16-12/h3-8,13,15H,1-2H3. The van der Waals surface area contributed by atoms with Gasteiger partial charge in [0.15, 0.2) is 0 Å². The van der Waals surface area contributed by atoms with Gasteiger partial charge in [0, 0.05) is 4.47 Å². The van der Waals surface area contributed by atoms with Crippen molar-refractivity contribution in [2.24, 2.45) is 0 Å². The Labute approximate surface area is 104 Å². The average molecular weight is 280 g/mol. The summed E-state index contributed by atoms with van der Waals surface area (Å²) in [4.78, 5) is 0. The molecule has 2 rings (SSSR count). The maximum absolute atomic E-state index is 5.44. The Morgan fingerprint density at radius 1 is 1.31 bits per heavy atom. The zero-order valence-corrected chi connectivity index (χ0v) is 10.9. The molecule has 0 bridgehead atoms. The number of aryl methyl sites for hydroxylation is 1. The fourth-order valence-corrected chi connectivity index (χ4v) is 2.49. The summed E-state index contributed by atoms with van der Waals surface area (Å²) in [7, 11) is 1.93. The van der Waals surface area contributed by atoms with Crippen LogP contribution >= 0.6 is 15.9 Å². The third-order valence-electron chi connectivity index (χ3n) is 2.51. The lowest BCUT2D eigenvalue weighted by Gasteiger charge is -2.15. The van der Waals surface area contributed by atoms with E-state index >= 15 is 0 Å². The molecule has 0 saturated carbocycles. The molecular weight excluding hydrogens is 266 g/mol. The van der Waals surface area contributed by atoms with Crippen molar-refractivity contribution in [1.82, 2.24) is 5.32 Å². The Morgan fingerprint density at radius 3 is 2.69 bits per heavy atom. The van der Waals surface area contributed by atoms with Gasteiger partial charge in [0.05, 0.1) is 12.3 Å². The predicted molar refractivity (Wildman–Crippen MR) is 68.5 cm³/mol. The molecule has 1 aromatic carbocycles. The summed E-state index contributed by atoms with van der Waals surface area (Å²) >= 11 is 3.52. The van der Waals surface area contributed by atoms with E-state index in [0.29, 0.717) is 0 Å². The zero-order valence-electron chi connectivity index (χ0n) is 9.33. The van der Waals surface area contributed by atoms with Crippen LogP contribution in [0.2, 0.25) is 0 Å². The molecule has 16 heavy (non-hydrogen) atoms. The van der Waals surface area contributed by atoms with Crippen molar-refractivity contribution in [2.45, 2.75) is 13.0 Å². The highest BCUT2D eigenvalue weighted by atomic mass is 79.9. The Morgan fingerprint density at radius 2 is 2.12 bits per heavy atom. The van der Waals surface area contributed by atoms with Gasteiger partial charge in [-0.1, -0.05) is 22.0 Å². The summed E-state index contributed by atoms with van der Waals surface area (Å²) in [6.07, 6.45) is 1.70. The molecule has 0 aliphatic rings. The van der Waals surface area contributed by atoms with Crippen LogP contribution in [0.15, 0.2) is 45.5 Å². The van der Waals surface area contributed by atoms with Crippen molar-refractivity contribution in [3.05, 3.63) is 58.0 Å². The quantitative estimate of drug-likeness (QED) is 0.928. The predicted octanol–water partition coefficient (Wildman–Crippen LogP) is 3.66. The van der Waals surface area contributed by atoms with Gasteiger partial charge in [-0.05, 0) is 49.4 Å². The zero-order chi connectivity index (χ0) is 11.5. The minimum atomic E-state index is 0.103. The monoisotopic (exact) mass is 279 g/mol. The van der Waals surface area contributed by atoms with Crippen molar-refractivity contribution in [3.8, 4) is 0 Å². The largest absolute Gasteiger partial charge is 0.467 e. The average Bonchev–Trinajstić information content (AvgIpc) is 2.70. The third kappa shape index (κ3) is 2.36. The minimum Gasteiger partial charge on any atom is -0.467 e. The second-order valence-electron chi connectivity index (χ2n) is 3.80. The van der Waals surface area contributed by atoms with Gasteiger partial charge >= 0.3 is 0 Å². The van der Waals surface area contributed by atoms with Gasteiger partial charge in [0.1, 0.15) is 5.76 Å². The first-order valence-electron chi connectivity index (χ1n) is 5.18. The van der Waals surface area contributed by atoms with Crippen LogP contribution < -0.4 is 5.32 Å². The molecule has 1 heterocycles. The number of furan rings is 1. The lowest BCUT2D eigenvalue weighted by molar-refractivity contribution is 0.463. The Hall–Kier alpha value is -1.06. The molecule has 84 valence electrons. The van der Waals surface area contributed by atoms with Gasteiger partial charge in [0.2, 0.25) is 0 Å². The molecule has 0 fully saturated rings. The molecule has 1 aromatic heterocycles. The number of nitrogens with one attached hydrogen (secondary N) is 1. The Balaban J connectivity index is 2.41. The number of halogens is 1. The Bertz CT molecular complexity index is 445. The highest BCUT2D eigenvalue weighted by Gasteiger charge is 2.15. The molecule has 1 N–H and O–H groups in total. The van der Waals surface area contributed by atoms with E-state index in [1.807, 2.05) is 19.2 Å². The first-order valence-corrected chi connectivity index (χ1v) is 5.98. The van der Waals surface area contributed by atoms with E-state index < -0.39 is 0 Å². The molecule has 1 unspecified atom stereocenters. The van der Waals surface area contributed by atoms with E-state index in [1.54, 1.807) is 6.26 Å². The van der Waals surface area contributed by atoms with Crippen LogP contribution in [0.4, 0.5) is 0 Å². The van der Waals surface area contributed by atoms with Crippen molar-refractivity contribution in [2.75, 3.05) is 7.05 Å². The van der Waals surface area contributed by atoms with Crippen molar-refractivity contribution < 1.29 is 4.42 Å². The molecule has 0 aliphatic heterocycles. The van der Waals surface area contributed by atoms with Crippen LogP contribution in [0.1, 0.15) is 22.9 Å². The van der Waals surface area contributed by atoms with Crippen LogP contribution in [-0.4, -0.2) is 7.05 Å². The highest BCUT2D eigenvalue weighted by molar-refractivity contribution is 9.10. The number of hydrogen-bond donors (Lipinski definition) is 1. The second-order valence-corrected chi connectivity index (χ2v) is 4.71. The molecule has 3 heteroatoms. The third-order valence-corrected chi connectivity index (χ3v) is 2.97. The lowest BCUT2D eigenvalue weighted by Crippen LogP contribution is -2.17. The van der Waals surface area contributed by atoms with Crippen LogP contribution in [0.5, 0.6) is 0 Å². The van der Waals surface area contributed by atoms with Crippen LogP contribution in [0.3, 0.4) is 0 Å². The molecule has 0 saturated heterocycles. The van der Waals surface area contributed by atoms with Gasteiger partial charge in [-0.2, -0.15) is 0 Å². The number of hydrogen-bond acceptors (Lipinski definition) is 2. The van der Waals surface area contributed by atoms with Gasteiger partial charge in [0.25, 0.3) is 0 Å². The van der Waals surface area contributed by atoms with Gasteiger partial charge in [-0.15, -0.1) is 0 Å².